The van der Waals surface area contributed by atoms with Crippen LogP contribution in [0.15, 0.2) is 47.8 Å². The number of para-hydroxylation sites is 1. The Kier molecular flexibility index (Phi) is 5.71. The number of ether oxygens (including phenoxy) is 1. The van der Waals surface area contributed by atoms with Crippen molar-refractivity contribution in [3.8, 4) is 5.75 Å². The molecule has 1 aromatic heterocycles. The van der Waals surface area contributed by atoms with E-state index in [9.17, 15) is 9.59 Å². The van der Waals surface area contributed by atoms with Crippen molar-refractivity contribution < 1.29 is 14.3 Å². The number of thiophene rings is 1. The van der Waals surface area contributed by atoms with Crippen LogP contribution in [0.25, 0.3) is 0 Å². The van der Waals surface area contributed by atoms with Gasteiger partial charge in [-0.25, -0.2) is 0 Å². The third-order valence-corrected chi connectivity index (χ3v) is 5.20. The predicted octanol–water partition coefficient (Wildman–Crippen LogP) is 2.89. The number of carbonyl (C=O) groups excluding carboxylic acids is 2. The van der Waals surface area contributed by atoms with Crippen LogP contribution >= 0.6 is 11.3 Å². The number of carbonyl (C=O) groups is 2. The fourth-order valence-electron chi connectivity index (χ4n) is 2.99. The molecule has 1 aliphatic heterocycles. The summed E-state index contributed by atoms with van der Waals surface area (Å²) in [6.45, 7) is 1.56. The summed E-state index contributed by atoms with van der Waals surface area (Å²) in [4.78, 5) is 29.4. The third-order valence-electron chi connectivity index (χ3n) is 4.35. The van der Waals surface area contributed by atoms with Gasteiger partial charge in [0, 0.05) is 13.6 Å². The monoisotopic (exact) mass is 358 g/mol. The van der Waals surface area contributed by atoms with Gasteiger partial charge in [-0.05, 0) is 36.4 Å². The van der Waals surface area contributed by atoms with E-state index < -0.39 is 0 Å². The molecule has 2 amide bonds. The molecule has 0 aliphatic carbocycles. The highest BCUT2D eigenvalue weighted by Crippen LogP contribution is 2.23. The van der Waals surface area contributed by atoms with Crippen molar-refractivity contribution >= 4 is 23.2 Å². The van der Waals surface area contributed by atoms with E-state index in [0.29, 0.717) is 24.6 Å². The van der Waals surface area contributed by atoms with E-state index in [-0.39, 0.29) is 17.9 Å². The number of amides is 2. The molecule has 1 aromatic carbocycles. The third kappa shape index (κ3) is 4.20. The Bertz CT molecular complexity index is 703. The van der Waals surface area contributed by atoms with Crippen molar-refractivity contribution in [3.63, 3.8) is 0 Å². The molecule has 1 aliphatic rings. The van der Waals surface area contributed by atoms with E-state index in [1.807, 2.05) is 47.8 Å². The predicted molar refractivity (Wildman–Crippen MR) is 98.0 cm³/mol. The lowest BCUT2D eigenvalue weighted by Crippen LogP contribution is -2.47. The van der Waals surface area contributed by atoms with Crippen molar-refractivity contribution in [2.45, 2.75) is 18.9 Å². The van der Waals surface area contributed by atoms with E-state index in [1.165, 1.54) is 11.3 Å². The standard InChI is InChI=1S/C19H22N2O3S/c1-20(12-13-24-15-7-3-2-4-8-15)18(22)16-9-5-11-21(16)19(23)17-10-6-14-25-17/h2-4,6-8,10,14,16H,5,9,11-13H2,1H3/t16-/m0/s1. The maximum atomic E-state index is 12.8. The molecule has 0 radical (unpaired) electrons. The first-order valence-electron chi connectivity index (χ1n) is 8.44. The Morgan fingerprint density at radius 1 is 1.24 bits per heavy atom. The molecule has 2 heterocycles. The Hall–Kier alpha value is -2.34. The van der Waals surface area contributed by atoms with Crippen LogP contribution in [0.4, 0.5) is 0 Å². The van der Waals surface area contributed by atoms with E-state index in [4.69, 9.17) is 4.74 Å². The second-order valence-corrected chi connectivity index (χ2v) is 7.00. The molecule has 0 unspecified atom stereocenters. The number of nitrogens with zero attached hydrogens (tertiary/aromatic N) is 2. The maximum Gasteiger partial charge on any atom is 0.264 e. The quantitative estimate of drug-likeness (QED) is 0.798. The molecule has 1 fully saturated rings. The lowest BCUT2D eigenvalue weighted by molar-refractivity contribution is -0.134. The smallest absolute Gasteiger partial charge is 0.264 e. The fourth-order valence-corrected chi connectivity index (χ4v) is 3.67. The number of hydrogen-bond acceptors (Lipinski definition) is 4. The largest absolute Gasteiger partial charge is 0.492 e. The van der Waals surface area contributed by atoms with Gasteiger partial charge in [0.1, 0.15) is 18.4 Å². The summed E-state index contributed by atoms with van der Waals surface area (Å²) in [5, 5.41) is 1.88. The Labute approximate surface area is 151 Å². The van der Waals surface area contributed by atoms with Gasteiger partial charge in [-0.3, -0.25) is 9.59 Å². The number of hydrogen-bond donors (Lipinski definition) is 0. The van der Waals surface area contributed by atoms with Gasteiger partial charge < -0.3 is 14.5 Å². The van der Waals surface area contributed by atoms with Gasteiger partial charge >= 0.3 is 0 Å². The van der Waals surface area contributed by atoms with E-state index >= 15 is 0 Å². The summed E-state index contributed by atoms with van der Waals surface area (Å²) < 4.78 is 5.65. The zero-order chi connectivity index (χ0) is 17.6. The lowest BCUT2D eigenvalue weighted by atomic mass is 10.2. The minimum atomic E-state index is -0.365. The minimum absolute atomic E-state index is 0.0148. The van der Waals surface area contributed by atoms with Crippen LogP contribution in [0.5, 0.6) is 5.75 Å². The molecule has 5 nitrogen and oxygen atoms in total. The van der Waals surface area contributed by atoms with Crippen molar-refractivity contribution in [2.24, 2.45) is 0 Å². The van der Waals surface area contributed by atoms with Crippen molar-refractivity contribution in [1.82, 2.24) is 9.80 Å². The Balaban J connectivity index is 1.54. The second kappa shape index (κ2) is 8.16. The van der Waals surface area contributed by atoms with Gasteiger partial charge in [0.2, 0.25) is 5.91 Å². The molecule has 2 aromatic rings. The molecule has 3 rings (SSSR count). The normalized spacial score (nSPS) is 16.7. The van der Waals surface area contributed by atoms with Crippen LogP contribution in [-0.4, -0.2) is 54.4 Å². The van der Waals surface area contributed by atoms with Gasteiger partial charge in [0.15, 0.2) is 0 Å². The summed E-state index contributed by atoms with van der Waals surface area (Å²) in [7, 11) is 1.77. The van der Waals surface area contributed by atoms with Crippen LogP contribution in [0.2, 0.25) is 0 Å². The molecule has 0 bridgehead atoms. The summed E-state index contributed by atoms with van der Waals surface area (Å²) in [5.41, 5.74) is 0. The first kappa shape index (κ1) is 17.5. The molecular weight excluding hydrogens is 336 g/mol. The second-order valence-electron chi connectivity index (χ2n) is 6.06. The Morgan fingerprint density at radius 3 is 2.76 bits per heavy atom. The lowest BCUT2D eigenvalue weighted by Gasteiger charge is -2.27. The average molecular weight is 358 g/mol. The van der Waals surface area contributed by atoms with Crippen LogP contribution in [0.3, 0.4) is 0 Å². The number of likely N-dealkylation sites (tertiary alicyclic amines) is 1. The van der Waals surface area contributed by atoms with E-state index in [2.05, 4.69) is 0 Å². The highest BCUT2D eigenvalue weighted by molar-refractivity contribution is 7.12. The number of likely N-dealkylation sites (N-methyl/N-ethyl adjacent to an activating group) is 1. The van der Waals surface area contributed by atoms with Crippen LogP contribution in [0, 0.1) is 0 Å². The van der Waals surface area contributed by atoms with Gasteiger partial charge in [-0.1, -0.05) is 24.3 Å². The SMILES string of the molecule is CN(CCOc1ccccc1)C(=O)[C@@H]1CCCN1C(=O)c1cccs1. The number of benzene rings is 1. The highest BCUT2D eigenvalue weighted by Gasteiger charge is 2.36. The topological polar surface area (TPSA) is 49.9 Å². The molecule has 0 saturated carbocycles. The van der Waals surface area contributed by atoms with Crippen molar-refractivity contribution in [2.75, 3.05) is 26.7 Å². The zero-order valence-electron chi connectivity index (χ0n) is 14.3. The van der Waals surface area contributed by atoms with Gasteiger partial charge in [0.25, 0.3) is 5.91 Å². The molecule has 0 N–H and O–H groups in total. The Morgan fingerprint density at radius 2 is 2.04 bits per heavy atom. The molecule has 132 valence electrons. The van der Waals surface area contributed by atoms with Crippen molar-refractivity contribution in [3.05, 3.63) is 52.7 Å². The molecule has 1 saturated heterocycles. The van der Waals surface area contributed by atoms with Crippen LogP contribution < -0.4 is 4.74 Å². The maximum absolute atomic E-state index is 12.8. The summed E-state index contributed by atoms with van der Waals surface area (Å²) in [6.07, 6.45) is 1.59. The van der Waals surface area contributed by atoms with Gasteiger partial charge in [0.05, 0.1) is 11.4 Å². The number of rotatable bonds is 6. The molecule has 0 spiro atoms. The summed E-state index contributed by atoms with van der Waals surface area (Å²) >= 11 is 1.42. The summed E-state index contributed by atoms with van der Waals surface area (Å²) in [6, 6.07) is 12.8. The fraction of sp³-hybridized carbons (Fsp3) is 0.368. The first-order valence-corrected chi connectivity index (χ1v) is 9.32. The van der Waals surface area contributed by atoms with E-state index in [1.54, 1.807) is 16.8 Å². The minimum Gasteiger partial charge on any atom is -0.492 e. The van der Waals surface area contributed by atoms with Crippen LogP contribution in [-0.2, 0) is 4.79 Å². The molecule has 6 heteroatoms. The van der Waals surface area contributed by atoms with Gasteiger partial charge in [-0.15, -0.1) is 11.3 Å². The van der Waals surface area contributed by atoms with Crippen LogP contribution in [0.1, 0.15) is 22.5 Å². The van der Waals surface area contributed by atoms with Crippen molar-refractivity contribution in [1.29, 1.82) is 0 Å². The molecular formula is C19H22N2O3S. The zero-order valence-corrected chi connectivity index (χ0v) is 15.1. The molecule has 25 heavy (non-hydrogen) atoms. The van der Waals surface area contributed by atoms with E-state index in [0.717, 1.165) is 18.6 Å². The molecule has 1 atom stereocenters. The highest BCUT2D eigenvalue weighted by atomic mass is 32.1. The summed E-state index contributed by atoms with van der Waals surface area (Å²) in [5.74, 6) is 0.734. The average Bonchev–Trinajstić information content (AvgIpc) is 3.33. The van der Waals surface area contributed by atoms with Gasteiger partial charge in [-0.2, -0.15) is 0 Å². The first-order chi connectivity index (χ1) is 12.2.